The Morgan fingerprint density at radius 1 is 0.903 bits per heavy atom. The topological polar surface area (TPSA) is 32.3 Å². The lowest BCUT2D eigenvalue weighted by Gasteiger charge is -2.26. The first-order chi connectivity index (χ1) is 14.9. The minimum Gasteiger partial charge on any atom is -0.370 e. The van der Waals surface area contributed by atoms with Crippen LogP contribution in [-0.4, -0.2) is 23.9 Å². The maximum Gasteiger partial charge on any atom is 0.249 e. The molecule has 0 bridgehead atoms. The quantitative estimate of drug-likeness (QED) is 0.545. The molecule has 4 rings (SSSR count). The van der Waals surface area contributed by atoms with Crippen molar-refractivity contribution >= 4 is 11.6 Å². The van der Waals surface area contributed by atoms with Gasteiger partial charge in [-0.05, 0) is 40.7 Å². The Morgan fingerprint density at radius 3 is 2.13 bits per heavy atom. The van der Waals surface area contributed by atoms with E-state index >= 15 is 0 Å². The number of benzene rings is 3. The number of carbonyl (C=O) groups excluding carboxylic acids is 1. The van der Waals surface area contributed by atoms with E-state index in [0.29, 0.717) is 5.92 Å². The van der Waals surface area contributed by atoms with E-state index in [1.165, 1.54) is 11.1 Å². The third-order valence-electron chi connectivity index (χ3n) is 6.21. The van der Waals surface area contributed by atoms with Gasteiger partial charge in [-0.3, -0.25) is 4.79 Å². The van der Waals surface area contributed by atoms with Crippen LogP contribution in [0.3, 0.4) is 0 Å². The molecule has 1 saturated heterocycles. The van der Waals surface area contributed by atoms with Crippen LogP contribution in [0.2, 0.25) is 0 Å². The molecule has 1 amide bonds. The molecule has 3 heteroatoms. The highest BCUT2D eigenvalue weighted by Crippen LogP contribution is 2.31. The number of anilines is 1. The Labute approximate surface area is 186 Å². The number of carbonyl (C=O) groups is 1. The summed E-state index contributed by atoms with van der Waals surface area (Å²) in [5, 5.41) is 3.49. The molecule has 0 saturated carbocycles. The third kappa shape index (κ3) is 4.99. The second kappa shape index (κ2) is 8.97. The van der Waals surface area contributed by atoms with Gasteiger partial charge in [0.2, 0.25) is 5.91 Å². The van der Waals surface area contributed by atoms with Crippen LogP contribution < -0.4 is 5.32 Å². The average Bonchev–Trinajstić information content (AvgIpc) is 3.28. The largest absolute Gasteiger partial charge is 0.370 e. The summed E-state index contributed by atoms with van der Waals surface area (Å²) < 4.78 is 0. The van der Waals surface area contributed by atoms with Gasteiger partial charge in [0.1, 0.15) is 6.04 Å². The minimum atomic E-state index is -0.397. The maximum absolute atomic E-state index is 13.7. The number of para-hydroxylation sites is 1. The smallest absolute Gasteiger partial charge is 0.249 e. The predicted molar refractivity (Wildman–Crippen MR) is 128 cm³/mol. The van der Waals surface area contributed by atoms with Gasteiger partial charge in [-0.1, -0.05) is 93.6 Å². The SMILES string of the molecule is CC(C)(C)c1ccc(C(Nc2ccccc2)C(=O)N2CCC(c3ccccc3)C2)cc1. The molecule has 0 radical (unpaired) electrons. The molecule has 2 atom stereocenters. The minimum absolute atomic E-state index is 0.0861. The van der Waals surface area contributed by atoms with Crippen molar-refractivity contribution in [1.29, 1.82) is 0 Å². The van der Waals surface area contributed by atoms with Crippen molar-refractivity contribution in [2.75, 3.05) is 18.4 Å². The van der Waals surface area contributed by atoms with Gasteiger partial charge in [0.15, 0.2) is 0 Å². The van der Waals surface area contributed by atoms with Crippen LogP contribution in [0.15, 0.2) is 84.9 Å². The zero-order valence-electron chi connectivity index (χ0n) is 18.7. The van der Waals surface area contributed by atoms with Crippen LogP contribution in [0.5, 0.6) is 0 Å². The molecule has 1 heterocycles. The van der Waals surface area contributed by atoms with Crippen molar-refractivity contribution in [3.05, 3.63) is 102 Å². The molecule has 1 aliphatic rings. The summed E-state index contributed by atoms with van der Waals surface area (Å²) in [5.74, 6) is 0.552. The lowest BCUT2D eigenvalue weighted by molar-refractivity contribution is -0.131. The summed E-state index contributed by atoms with van der Waals surface area (Å²) >= 11 is 0. The highest BCUT2D eigenvalue weighted by atomic mass is 16.2. The van der Waals surface area contributed by atoms with Crippen LogP contribution >= 0.6 is 0 Å². The number of amides is 1. The number of likely N-dealkylation sites (tertiary alicyclic amines) is 1. The Kier molecular flexibility index (Phi) is 6.13. The van der Waals surface area contributed by atoms with Crippen LogP contribution in [0, 0.1) is 0 Å². The third-order valence-corrected chi connectivity index (χ3v) is 6.21. The van der Waals surface area contributed by atoms with Crippen molar-refractivity contribution < 1.29 is 4.79 Å². The molecule has 0 aliphatic carbocycles. The molecular weight excluding hydrogens is 380 g/mol. The molecule has 3 aromatic carbocycles. The molecule has 2 unspecified atom stereocenters. The number of hydrogen-bond donors (Lipinski definition) is 1. The van der Waals surface area contributed by atoms with Crippen molar-refractivity contribution in [3.8, 4) is 0 Å². The Morgan fingerprint density at radius 2 is 1.52 bits per heavy atom. The fourth-order valence-corrected chi connectivity index (χ4v) is 4.30. The lowest BCUT2D eigenvalue weighted by atomic mass is 9.86. The molecule has 1 N–H and O–H groups in total. The summed E-state index contributed by atoms with van der Waals surface area (Å²) in [7, 11) is 0. The van der Waals surface area contributed by atoms with E-state index in [9.17, 15) is 4.79 Å². The Balaban J connectivity index is 1.57. The van der Waals surface area contributed by atoms with Crippen molar-refractivity contribution in [2.24, 2.45) is 0 Å². The molecule has 31 heavy (non-hydrogen) atoms. The summed E-state index contributed by atoms with van der Waals surface area (Å²) in [6, 6.07) is 28.7. The van der Waals surface area contributed by atoms with E-state index in [1.807, 2.05) is 41.3 Å². The first-order valence-corrected chi connectivity index (χ1v) is 11.2. The second-order valence-electron chi connectivity index (χ2n) is 9.50. The Hall–Kier alpha value is -3.07. The van der Waals surface area contributed by atoms with E-state index < -0.39 is 6.04 Å². The van der Waals surface area contributed by atoms with Gasteiger partial charge in [-0.2, -0.15) is 0 Å². The van der Waals surface area contributed by atoms with E-state index in [4.69, 9.17) is 0 Å². The first-order valence-electron chi connectivity index (χ1n) is 11.2. The fourth-order valence-electron chi connectivity index (χ4n) is 4.30. The molecule has 1 aliphatic heterocycles. The lowest BCUT2D eigenvalue weighted by Crippen LogP contribution is -2.36. The van der Waals surface area contributed by atoms with Crippen molar-refractivity contribution in [3.63, 3.8) is 0 Å². The van der Waals surface area contributed by atoms with Crippen molar-refractivity contribution in [1.82, 2.24) is 4.90 Å². The summed E-state index contributed by atoms with van der Waals surface area (Å²) in [6.45, 7) is 8.20. The van der Waals surface area contributed by atoms with E-state index in [0.717, 1.165) is 30.8 Å². The highest BCUT2D eigenvalue weighted by molar-refractivity contribution is 5.86. The van der Waals surface area contributed by atoms with Gasteiger partial charge < -0.3 is 10.2 Å². The Bertz CT molecular complexity index is 991. The zero-order chi connectivity index (χ0) is 21.8. The van der Waals surface area contributed by atoms with E-state index in [2.05, 4.69) is 74.6 Å². The van der Waals surface area contributed by atoms with Gasteiger partial charge in [0.25, 0.3) is 0 Å². The van der Waals surface area contributed by atoms with Gasteiger partial charge in [0.05, 0.1) is 0 Å². The first kappa shape index (κ1) is 21.2. The van der Waals surface area contributed by atoms with Crippen LogP contribution in [0.25, 0.3) is 0 Å². The number of rotatable bonds is 5. The summed E-state index contributed by atoms with van der Waals surface area (Å²) in [6.07, 6.45) is 1.01. The predicted octanol–water partition coefficient (Wildman–Crippen LogP) is 6.15. The molecule has 0 spiro atoms. The highest BCUT2D eigenvalue weighted by Gasteiger charge is 2.32. The molecule has 160 valence electrons. The normalized spacial score (nSPS) is 17.4. The zero-order valence-corrected chi connectivity index (χ0v) is 18.7. The van der Waals surface area contributed by atoms with E-state index in [1.54, 1.807) is 0 Å². The van der Waals surface area contributed by atoms with E-state index in [-0.39, 0.29) is 11.3 Å². The summed E-state index contributed by atoms with van der Waals surface area (Å²) in [4.78, 5) is 15.7. The molecule has 3 nitrogen and oxygen atoms in total. The van der Waals surface area contributed by atoms with Gasteiger partial charge >= 0.3 is 0 Å². The number of hydrogen-bond acceptors (Lipinski definition) is 2. The molecule has 3 aromatic rings. The fraction of sp³-hybridized carbons (Fsp3) is 0.321. The van der Waals surface area contributed by atoms with Crippen molar-refractivity contribution in [2.45, 2.75) is 44.6 Å². The van der Waals surface area contributed by atoms with Gasteiger partial charge in [0, 0.05) is 24.7 Å². The average molecular weight is 413 g/mol. The summed E-state index contributed by atoms with van der Waals surface area (Å²) in [5.41, 5.74) is 4.64. The van der Waals surface area contributed by atoms with Crippen LogP contribution in [0.4, 0.5) is 5.69 Å². The van der Waals surface area contributed by atoms with Crippen LogP contribution in [-0.2, 0) is 10.2 Å². The van der Waals surface area contributed by atoms with Crippen LogP contribution in [0.1, 0.15) is 55.8 Å². The molecule has 1 fully saturated rings. The number of nitrogens with one attached hydrogen (secondary N) is 1. The van der Waals surface area contributed by atoms with Gasteiger partial charge in [-0.25, -0.2) is 0 Å². The number of nitrogens with zero attached hydrogens (tertiary/aromatic N) is 1. The maximum atomic E-state index is 13.7. The standard InChI is InChI=1S/C28H32N2O/c1-28(2,3)24-16-14-22(15-17-24)26(29-25-12-8-5-9-13-25)27(31)30-19-18-23(20-30)21-10-6-4-7-11-21/h4-17,23,26,29H,18-20H2,1-3H3. The van der Waals surface area contributed by atoms with Gasteiger partial charge in [-0.15, -0.1) is 0 Å². The monoisotopic (exact) mass is 412 g/mol. The molecule has 0 aromatic heterocycles. The molecular formula is C28H32N2O. The second-order valence-corrected chi connectivity index (χ2v) is 9.50.